The Kier molecular flexibility index (Phi) is 7.13. The van der Waals surface area contributed by atoms with Crippen LogP contribution in [0.3, 0.4) is 0 Å². The van der Waals surface area contributed by atoms with Gasteiger partial charge in [0, 0.05) is 18.8 Å². The molecule has 0 heterocycles. The lowest BCUT2D eigenvalue weighted by atomic mass is 10.1. The summed E-state index contributed by atoms with van der Waals surface area (Å²) in [4.78, 5) is 2.20. The van der Waals surface area contributed by atoms with Crippen molar-refractivity contribution < 1.29 is 0 Å². The van der Waals surface area contributed by atoms with Gasteiger partial charge < -0.3 is 10.2 Å². The smallest absolute Gasteiger partial charge is 0.0385 e. The number of para-hydroxylation sites is 1. The summed E-state index contributed by atoms with van der Waals surface area (Å²) >= 11 is 2.01. The van der Waals surface area contributed by atoms with Crippen molar-refractivity contribution in [3.05, 3.63) is 29.8 Å². The molecule has 0 spiro atoms. The molecule has 1 aromatic carbocycles. The molecule has 0 unspecified atom stereocenters. The molecule has 1 rings (SSSR count). The Bertz CT molecular complexity index is 313. The first kappa shape index (κ1) is 14.4. The molecule has 0 amide bonds. The van der Waals surface area contributed by atoms with Crippen molar-refractivity contribution >= 4 is 17.4 Å². The molecule has 0 bridgehead atoms. The molecular weight excluding hydrogens is 228 g/mol. The van der Waals surface area contributed by atoms with Gasteiger partial charge in [0.05, 0.1) is 0 Å². The van der Waals surface area contributed by atoms with E-state index in [1.165, 1.54) is 29.2 Å². The van der Waals surface area contributed by atoms with Crippen molar-refractivity contribution in [2.24, 2.45) is 0 Å². The van der Waals surface area contributed by atoms with E-state index in [-0.39, 0.29) is 0 Å². The maximum absolute atomic E-state index is 3.54. The predicted molar refractivity (Wildman–Crippen MR) is 79.9 cm³/mol. The monoisotopic (exact) mass is 252 g/mol. The Balaban J connectivity index is 2.40. The van der Waals surface area contributed by atoms with E-state index in [1.807, 2.05) is 11.8 Å². The van der Waals surface area contributed by atoms with Gasteiger partial charge in [-0.2, -0.15) is 11.8 Å². The fraction of sp³-hybridized carbons (Fsp3) is 0.571. The van der Waals surface area contributed by atoms with Crippen LogP contribution < -0.4 is 5.32 Å². The van der Waals surface area contributed by atoms with Crippen molar-refractivity contribution in [2.45, 2.75) is 19.9 Å². The summed E-state index contributed by atoms with van der Waals surface area (Å²) in [7, 11) is 4.21. The molecule has 0 aromatic heterocycles. The average Bonchev–Trinajstić information content (AvgIpc) is 2.30. The van der Waals surface area contributed by atoms with Gasteiger partial charge in [0.25, 0.3) is 0 Å². The lowest BCUT2D eigenvalue weighted by molar-refractivity contribution is 0.403. The van der Waals surface area contributed by atoms with Crippen LogP contribution in [0.25, 0.3) is 0 Å². The lowest BCUT2D eigenvalue weighted by Gasteiger charge is -2.15. The van der Waals surface area contributed by atoms with E-state index in [0.29, 0.717) is 0 Å². The summed E-state index contributed by atoms with van der Waals surface area (Å²) < 4.78 is 0. The third kappa shape index (κ3) is 5.99. The fourth-order valence-electron chi connectivity index (χ4n) is 1.71. The number of rotatable bonds is 8. The summed E-state index contributed by atoms with van der Waals surface area (Å²) in [6, 6.07) is 8.58. The number of hydrogen-bond donors (Lipinski definition) is 1. The fourth-order valence-corrected chi connectivity index (χ4v) is 2.35. The number of thioether (sulfide) groups is 1. The van der Waals surface area contributed by atoms with Crippen molar-refractivity contribution in [3.63, 3.8) is 0 Å². The Labute approximate surface area is 110 Å². The molecule has 0 aliphatic carbocycles. The second-order valence-electron chi connectivity index (χ2n) is 4.37. The van der Waals surface area contributed by atoms with Gasteiger partial charge in [-0.25, -0.2) is 0 Å². The van der Waals surface area contributed by atoms with Gasteiger partial charge >= 0.3 is 0 Å². The highest BCUT2D eigenvalue weighted by molar-refractivity contribution is 7.99. The SMILES string of the molecule is CCSCCCNc1ccccc1CN(C)C. The van der Waals surface area contributed by atoms with E-state index >= 15 is 0 Å². The highest BCUT2D eigenvalue weighted by atomic mass is 32.2. The second-order valence-corrected chi connectivity index (χ2v) is 5.77. The second kappa shape index (κ2) is 8.43. The van der Waals surface area contributed by atoms with E-state index < -0.39 is 0 Å². The Hall–Kier alpha value is -0.670. The third-order valence-corrected chi connectivity index (χ3v) is 3.47. The van der Waals surface area contributed by atoms with Crippen LogP contribution >= 0.6 is 11.8 Å². The molecule has 1 aromatic rings. The van der Waals surface area contributed by atoms with E-state index in [0.717, 1.165) is 13.1 Å². The average molecular weight is 252 g/mol. The molecule has 1 N–H and O–H groups in total. The Morgan fingerprint density at radius 3 is 2.71 bits per heavy atom. The Morgan fingerprint density at radius 2 is 2.00 bits per heavy atom. The normalized spacial score (nSPS) is 10.8. The first-order valence-electron chi connectivity index (χ1n) is 6.28. The van der Waals surface area contributed by atoms with Gasteiger partial charge in [0.15, 0.2) is 0 Å². The summed E-state index contributed by atoms with van der Waals surface area (Å²) in [5.41, 5.74) is 2.66. The summed E-state index contributed by atoms with van der Waals surface area (Å²) in [6.45, 7) is 4.27. The zero-order chi connectivity index (χ0) is 12.5. The molecular formula is C14H24N2S. The Morgan fingerprint density at radius 1 is 1.24 bits per heavy atom. The van der Waals surface area contributed by atoms with Gasteiger partial charge in [0.1, 0.15) is 0 Å². The van der Waals surface area contributed by atoms with Crippen LogP contribution in [0.4, 0.5) is 5.69 Å². The van der Waals surface area contributed by atoms with Crippen molar-refractivity contribution in [2.75, 3.05) is 37.5 Å². The van der Waals surface area contributed by atoms with Crippen LogP contribution in [0.15, 0.2) is 24.3 Å². The van der Waals surface area contributed by atoms with Gasteiger partial charge in [0.2, 0.25) is 0 Å². The topological polar surface area (TPSA) is 15.3 Å². The van der Waals surface area contributed by atoms with Gasteiger partial charge in [-0.1, -0.05) is 25.1 Å². The van der Waals surface area contributed by atoms with Crippen LogP contribution in [0, 0.1) is 0 Å². The quantitative estimate of drug-likeness (QED) is 0.715. The maximum atomic E-state index is 3.54. The third-order valence-electron chi connectivity index (χ3n) is 2.49. The molecule has 0 atom stereocenters. The number of nitrogens with zero attached hydrogens (tertiary/aromatic N) is 1. The van der Waals surface area contributed by atoms with Crippen molar-refractivity contribution in [3.8, 4) is 0 Å². The standard InChI is InChI=1S/C14H24N2S/c1-4-17-11-7-10-15-14-9-6-5-8-13(14)12-16(2)3/h5-6,8-9,15H,4,7,10-12H2,1-3H3. The van der Waals surface area contributed by atoms with Crippen LogP contribution in [-0.2, 0) is 6.54 Å². The highest BCUT2D eigenvalue weighted by Gasteiger charge is 2.01. The molecule has 0 fully saturated rings. The summed E-state index contributed by atoms with van der Waals surface area (Å²) in [5.74, 6) is 2.47. The molecule has 96 valence electrons. The number of anilines is 1. The predicted octanol–water partition coefficient (Wildman–Crippen LogP) is 3.30. The zero-order valence-corrected chi connectivity index (χ0v) is 12.0. The zero-order valence-electron chi connectivity index (χ0n) is 11.2. The van der Waals surface area contributed by atoms with E-state index in [4.69, 9.17) is 0 Å². The van der Waals surface area contributed by atoms with Crippen molar-refractivity contribution in [1.82, 2.24) is 4.90 Å². The molecule has 0 radical (unpaired) electrons. The molecule has 0 saturated carbocycles. The van der Waals surface area contributed by atoms with Crippen LogP contribution in [0.1, 0.15) is 18.9 Å². The molecule has 2 nitrogen and oxygen atoms in total. The minimum Gasteiger partial charge on any atom is -0.385 e. The molecule has 3 heteroatoms. The minimum atomic E-state index is 0.993. The summed E-state index contributed by atoms with van der Waals surface area (Å²) in [6.07, 6.45) is 1.23. The van der Waals surface area contributed by atoms with E-state index in [1.54, 1.807) is 0 Å². The van der Waals surface area contributed by atoms with Crippen LogP contribution in [-0.4, -0.2) is 37.0 Å². The first-order valence-corrected chi connectivity index (χ1v) is 7.43. The first-order chi connectivity index (χ1) is 8.24. The minimum absolute atomic E-state index is 0.993. The van der Waals surface area contributed by atoms with E-state index in [2.05, 4.69) is 55.5 Å². The molecule has 0 saturated heterocycles. The maximum Gasteiger partial charge on any atom is 0.0385 e. The summed E-state index contributed by atoms with van der Waals surface area (Å²) in [5, 5.41) is 3.54. The van der Waals surface area contributed by atoms with E-state index in [9.17, 15) is 0 Å². The molecule has 0 aliphatic heterocycles. The van der Waals surface area contributed by atoms with Gasteiger partial charge in [-0.05, 0) is 43.7 Å². The van der Waals surface area contributed by atoms with Crippen LogP contribution in [0.2, 0.25) is 0 Å². The number of benzene rings is 1. The van der Waals surface area contributed by atoms with Gasteiger partial charge in [-0.3, -0.25) is 0 Å². The van der Waals surface area contributed by atoms with Gasteiger partial charge in [-0.15, -0.1) is 0 Å². The molecule has 0 aliphatic rings. The largest absolute Gasteiger partial charge is 0.385 e. The number of nitrogens with one attached hydrogen (secondary N) is 1. The lowest BCUT2D eigenvalue weighted by Crippen LogP contribution is -2.13. The van der Waals surface area contributed by atoms with Crippen molar-refractivity contribution in [1.29, 1.82) is 0 Å². The van der Waals surface area contributed by atoms with Crippen LogP contribution in [0.5, 0.6) is 0 Å². The highest BCUT2D eigenvalue weighted by Crippen LogP contribution is 2.16. The molecule has 17 heavy (non-hydrogen) atoms. The number of hydrogen-bond acceptors (Lipinski definition) is 3.